The molecule has 0 saturated carbocycles. The summed E-state index contributed by atoms with van der Waals surface area (Å²) in [5.41, 5.74) is 1.02. The molecule has 0 amide bonds. The second-order valence-corrected chi connectivity index (χ2v) is 3.41. The lowest BCUT2D eigenvalue weighted by Crippen LogP contribution is -1.98. The van der Waals surface area contributed by atoms with Crippen molar-refractivity contribution in [1.29, 1.82) is 0 Å². The minimum Gasteiger partial charge on any atom is -0.490 e. The van der Waals surface area contributed by atoms with E-state index in [2.05, 4.69) is 4.98 Å². The Morgan fingerprint density at radius 1 is 1.50 bits per heavy atom. The molecule has 1 aromatic carbocycles. The van der Waals surface area contributed by atoms with E-state index < -0.39 is 4.92 Å². The Hall–Kier alpha value is -2.17. The summed E-state index contributed by atoms with van der Waals surface area (Å²) >= 11 is 0. The molecule has 0 fully saturated rings. The van der Waals surface area contributed by atoms with Crippen molar-refractivity contribution in [2.24, 2.45) is 0 Å². The molecule has 0 radical (unpaired) electrons. The Balaban J connectivity index is 2.93. The summed E-state index contributed by atoms with van der Waals surface area (Å²) in [4.78, 5) is 14.6. The second kappa shape index (κ2) is 3.77. The molecular formula is C11H10N2O3. The van der Waals surface area contributed by atoms with Gasteiger partial charge in [-0.3, -0.25) is 10.1 Å². The van der Waals surface area contributed by atoms with E-state index in [1.165, 1.54) is 13.3 Å². The van der Waals surface area contributed by atoms with E-state index in [1.807, 2.05) is 6.07 Å². The normalized spacial score (nSPS) is 10.4. The molecule has 2 aromatic rings. The smallest absolute Gasteiger partial charge is 0.337 e. The van der Waals surface area contributed by atoms with Crippen LogP contribution in [0.4, 0.5) is 5.69 Å². The molecule has 1 heterocycles. The number of ether oxygens (including phenoxy) is 1. The van der Waals surface area contributed by atoms with Crippen molar-refractivity contribution in [3.05, 3.63) is 40.1 Å². The van der Waals surface area contributed by atoms with Gasteiger partial charge >= 0.3 is 5.69 Å². The first-order chi connectivity index (χ1) is 7.65. The van der Waals surface area contributed by atoms with Crippen LogP contribution in [0.15, 0.2) is 24.4 Å². The van der Waals surface area contributed by atoms with Crippen LogP contribution in [0.25, 0.3) is 10.9 Å². The molecule has 0 aliphatic rings. The molecule has 5 nitrogen and oxygen atoms in total. The molecule has 0 unspecified atom stereocenters. The van der Waals surface area contributed by atoms with Gasteiger partial charge in [-0.1, -0.05) is 6.07 Å². The predicted molar refractivity (Wildman–Crippen MR) is 59.7 cm³/mol. The van der Waals surface area contributed by atoms with Crippen molar-refractivity contribution in [1.82, 2.24) is 4.98 Å². The third-order valence-corrected chi connectivity index (χ3v) is 2.40. The molecule has 0 aliphatic heterocycles. The third kappa shape index (κ3) is 1.46. The maximum absolute atomic E-state index is 11.0. The van der Waals surface area contributed by atoms with Gasteiger partial charge < -0.3 is 4.74 Å². The third-order valence-electron chi connectivity index (χ3n) is 2.40. The number of rotatable bonds is 2. The maximum atomic E-state index is 11.0. The van der Waals surface area contributed by atoms with Crippen LogP contribution in [0.2, 0.25) is 0 Å². The molecule has 0 spiro atoms. The van der Waals surface area contributed by atoms with Crippen LogP contribution >= 0.6 is 0 Å². The first kappa shape index (κ1) is 10.4. The van der Waals surface area contributed by atoms with E-state index in [9.17, 15) is 10.1 Å². The van der Waals surface area contributed by atoms with Crippen molar-refractivity contribution < 1.29 is 9.66 Å². The zero-order valence-corrected chi connectivity index (χ0v) is 8.93. The Morgan fingerprint density at radius 3 is 2.88 bits per heavy atom. The number of nitro benzene ring substituents is 1. The van der Waals surface area contributed by atoms with Crippen LogP contribution in [0.1, 0.15) is 5.56 Å². The summed E-state index contributed by atoms with van der Waals surface area (Å²) in [5, 5.41) is 11.8. The second-order valence-electron chi connectivity index (χ2n) is 3.41. The molecule has 0 aliphatic carbocycles. The first-order valence-corrected chi connectivity index (χ1v) is 4.72. The molecule has 0 N–H and O–H groups in total. The number of hydrogen-bond donors (Lipinski definition) is 0. The van der Waals surface area contributed by atoms with Crippen molar-refractivity contribution >= 4 is 16.6 Å². The highest BCUT2D eigenvalue weighted by molar-refractivity contribution is 5.91. The Morgan fingerprint density at radius 2 is 2.25 bits per heavy atom. The highest BCUT2D eigenvalue weighted by atomic mass is 16.6. The predicted octanol–water partition coefficient (Wildman–Crippen LogP) is 2.46. The van der Waals surface area contributed by atoms with Crippen LogP contribution in [0.5, 0.6) is 5.75 Å². The van der Waals surface area contributed by atoms with Gasteiger partial charge in [-0.2, -0.15) is 0 Å². The van der Waals surface area contributed by atoms with E-state index in [0.717, 1.165) is 10.9 Å². The summed E-state index contributed by atoms with van der Waals surface area (Å²) in [6.07, 6.45) is 1.53. The molecule has 2 rings (SSSR count). The van der Waals surface area contributed by atoms with Crippen LogP contribution in [0, 0.1) is 17.0 Å². The minimum absolute atomic E-state index is 0.0712. The monoisotopic (exact) mass is 218 g/mol. The van der Waals surface area contributed by atoms with E-state index in [4.69, 9.17) is 4.74 Å². The first-order valence-electron chi connectivity index (χ1n) is 4.72. The van der Waals surface area contributed by atoms with E-state index in [-0.39, 0.29) is 11.4 Å². The SMILES string of the molecule is COc1c(C)cc2cccnc2c1[N+](=O)[O-]. The van der Waals surface area contributed by atoms with Gasteiger partial charge in [0.15, 0.2) is 5.52 Å². The van der Waals surface area contributed by atoms with E-state index in [1.54, 1.807) is 19.1 Å². The fraction of sp³-hybridized carbons (Fsp3) is 0.182. The van der Waals surface area contributed by atoms with Crippen LogP contribution < -0.4 is 4.74 Å². The molecule has 82 valence electrons. The number of aromatic nitrogens is 1. The Kier molecular flexibility index (Phi) is 2.44. The Bertz CT molecular complexity index is 566. The zero-order chi connectivity index (χ0) is 11.7. The summed E-state index contributed by atoms with van der Waals surface area (Å²) < 4.78 is 5.06. The van der Waals surface area contributed by atoms with Crippen LogP contribution in [-0.4, -0.2) is 17.0 Å². The average Bonchev–Trinajstić information content (AvgIpc) is 2.26. The lowest BCUT2D eigenvalue weighted by molar-refractivity contribution is -0.384. The summed E-state index contributed by atoms with van der Waals surface area (Å²) in [6, 6.07) is 5.37. The topological polar surface area (TPSA) is 65.3 Å². The fourth-order valence-corrected chi connectivity index (χ4v) is 1.75. The molecule has 0 bridgehead atoms. The van der Waals surface area contributed by atoms with Gasteiger partial charge in [0.25, 0.3) is 0 Å². The van der Waals surface area contributed by atoms with Crippen molar-refractivity contribution in [2.75, 3.05) is 7.11 Å². The quantitative estimate of drug-likeness (QED) is 0.573. The number of nitrogens with zero attached hydrogens (tertiary/aromatic N) is 2. The fourth-order valence-electron chi connectivity index (χ4n) is 1.75. The largest absolute Gasteiger partial charge is 0.490 e. The average molecular weight is 218 g/mol. The number of hydrogen-bond acceptors (Lipinski definition) is 4. The molecule has 16 heavy (non-hydrogen) atoms. The Labute approximate surface area is 91.8 Å². The van der Waals surface area contributed by atoms with Gasteiger partial charge in [-0.15, -0.1) is 0 Å². The standard InChI is InChI=1S/C11H10N2O3/c1-7-6-8-4-3-5-12-9(8)10(13(14)15)11(7)16-2/h3-6H,1-2H3. The zero-order valence-electron chi connectivity index (χ0n) is 8.93. The summed E-state index contributed by atoms with van der Waals surface area (Å²) in [5.74, 6) is 0.274. The lowest BCUT2D eigenvalue weighted by Gasteiger charge is -2.07. The number of nitro groups is 1. The van der Waals surface area contributed by atoms with E-state index >= 15 is 0 Å². The lowest BCUT2D eigenvalue weighted by atomic mass is 10.1. The summed E-state index contributed by atoms with van der Waals surface area (Å²) in [6.45, 7) is 1.78. The van der Waals surface area contributed by atoms with Gasteiger partial charge in [0.2, 0.25) is 5.75 Å². The van der Waals surface area contributed by atoms with Gasteiger partial charge in [0.05, 0.1) is 12.0 Å². The van der Waals surface area contributed by atoms with Crippen molar-refractivity contribution in [2.45, 2.75) is 6.92 Å². The van der Waals surface area contributed by atoms with Gasteiger partial charge in [0, 0.05) is 11.6 Å². The highest BCUT2D eigenvalue weighted by Crippen LogP contribution is 2.36. The van der Waals surface area contributed by atoms with Crippen molar-refractivity contribution in [3.8, 4) is 5.75 Å². The highest BCUT2D eigenvalue weighted by Gasteiger charge is 2.22. The van der Waals surface area contributed by atoms with Gasteiger partial charge in [-0.05, 0) is 24.6 Å². The number of methoxy groups -OCH3 is 1. The molecule has 1 aromatic heterocycles. The summed E-state index contributed by atoms with van der Waals surface area (Å²) in [7, 11) is 1.42. The van der Waals surface area contributed by atoms with Crippen LogP contribution in [0.3, 0.4) is 0 Å². The number of aryl methyl sites for hydroxylation is 1. The molecular weight excluding hydrogens is 208 g/mol. The van der Waals surface area contributed by atoms with Gasteiger partial charge in [0.1, 0.15) is 0 Å². The van der Waals surface area contributed by atoms with Gasteiger partial charge in [-0.25, -0.2) is 4.98 Å². The minimum atomic E-state index is -0.457. The van der Waals surface area contributed by atoms with Crippen LogP contribution in [-0.2, 0) is 0 Å². The van der Waals surface area contributed by atoms with Crippen molar-refractivity contribution in [3.63, 3.8) is 0 Å². The maximum Gasteiger partial charge on any atom is 0.337 e. The number of pyridine rings is 1. The molecule has 0 atom stereocenters. The number of benzene rings is 1. The molecule has 0 saturated heterocycles. The molecule has 5 heteroatoms. The van der Waals surface area contributed by atoms with E-state index in [0.29, 0.717) is 5.52 Å². The number of fused-ring (bicyclic) bond motifs is 1.